The summed E-state index contributed by atoms with van der Waals surface area (Å²) in [6.45, 7) is 2.40. The highest BCUT2D eigenvalue weighted by atomic mass is 32.1. The first kappa shape index (κ1) is 14.3. The van der Waals surface area contributed by atoms with Crippen LogP contribution >= 0.6 is 11.3 Å². The van der Waals surface area contributed by atoms with Crippen molar-refractivity contribution in [2.24, 2.45) is 5.92 Å². The molecule has 106 valence electrons. The number of thiazole rings is 1. The van der Waals surface area contributed by atoms with Gasteiger partial charge in [0.05, 0.1) is 11.8 Å². The standard InChI is InChI=1S/C13H21N3O2S/c1-8-11(19-13(15-8)16(2)3)12(18)14-7-9-5-4-6-10(9)17/h9-10,17H,4-7H2,1-3H3,(H,14,18). The summed E-state index contributed by atoms with van der Waals surface area (Å²) in [6, 6.07) is 0. The van der Waals surface area contributed by atoms with E-state index in [1.54, 1.807) is 0 Å². The van der Waals surface area contributed by atoms with Crippen LogP contribution in [0.1, 0.15) is 34.6 Å². The Morgan fingerprint density at radius 3 is 2.79 bits per heavy atom. The SMILES string of the molecule is Cc1nc(N(C)C)sc1C(=O)NCC1CCCC1O. The third-order valence-corrected chi connectivity index (χ3v) is 4.84. The van der Waals surface area contributed by atoms with Gasteiger partial charge in [-0.2, -0.15) is 0 Å². The highest BCUT2D eigenvalue weighted by Gasteiger charge is 2.26. The molecule has 0 aromatic carbocycles. The van der Waals surface area contributed by atoms with Crippen LogP contribution in [0.15, 0.2) is 0 Å². The number of rotatable bonds is 4. The number of nitrogens with zero attached hydrogens (tertiary/aromatic N) is 2. The van der Waals surface area contributed by atoms with Crippen LogP contribution < -0.4 is 10.2 Å². The molecular formula is C13H21N3O2S. The predicted octanol–water partition coefficient (Wildman–Crippen LogP) is 1.41. The van der Waals surface area contributed by atoms with Crippen molar-refractivity contribution in [1.82, 2.24) is 10.3 Å². The normalized spacial score (nSPS) is 22.5. The van der Waals surface area contributed by atoms with Crippen LogP contribution in [-0.2, 0) is 0 Å². The van der Waals surface area contributed by atoms with Gasteiger partial charge in [-0.05, 0) is 19.8 Å². The number of aryl methyl sites for hydroxylation is 1. The molecule has 2 rings (SSSR count). The van der Waals surface area contributed by atoms with Gasteiger partial charge < -0.3 is 15.3 Å². The summed E-state index contributed by atoms with van der Waals surface area (Å²) in [4.78, 5) is 19.0. The number of amides is 1. The van der Waals surface area contributed by atoms with Crippen molar-refractivity contribution < 1.29 is 9.90 Å². The number of carbonyl (C=O) groups excluding carboxylic acids is 1. The van der Waals surface area contributed by atoms with Crippen molar-refractivity contribution in [3.63, 3.8) is 0 Å². The number of nitrogens with one attached hydrogen (secondary N) is 1. The molecule has 0 bridgehead atoms. The second-order valence-electron chi connectivity index (χ2n) is 5.27. The lowest BCUT2D eigenvalue weighted by Gasteiger charge is -2.14. The lowest BCUT2D eigenvalue weighted by molar-refractivity contribution is 0.0920. The molecule has 0 radical (unpaired) electrons. The summed E-state index contributed by atoms with van der Waals surface area (Å²) in [6.07, 6.45) is 2.63. The van der Waals surface area contributed by atoms with E-state index in [1.807, 2.05) is 25.9 Å². The Balaban J connectivity index is 1.96. The smallest absolute Gasteiger partial charge is 0.263 e. The number of aliphatic hydroxyl groups is 1. The van der Waals surface area contributed by atoms with E-state index in [0.29, 0.717) is 11.4 Å². The number of hydrogen-bond acceptors (Lipinski definition) is 5. The Morgan fingerprint density at radius 1 is 1.53 bits per heavy atom. The molecular weight excluding hydrogens is 262 g/mol. The van der Waals surface area contributed by atoms with E-state index in [-0.39, 0.29) is 17.9 Å². The number of anilines is 1. The summed E-state index contributed by atoms with van der Waals surface area (Å²) < 4.78 is 0. The van der Waals surface area contributed by atoms with Gasteiger partial charge in [0.15, 0.2) is 5.13 Å². The quantitative estimate of drug-likeness (QED) is 0.877. The fourth-order valence-corrected chi connectivity index (χ4v) is 3.25. The molecule has 5 nitrogen and oxygen atoms in total. The van der Waals surface area contributed by atoms with Crippen LogP contribution in [0.4, 0.5) is 5.13 Å². The van der Waals surface area contributed by atoms with Gasteiger partial charge in [0.1, 0.15) is 4.88 Å². The van der Waals surface area contributed by atoms with Crippen LogP contribution in [0.5, 0.6) is 0 Å². The van der Waals surface area contributed by atoms with Crippen molar-refractivity contribution in [3.8, 4) is 0 Å². The van der Waals surface area contributed by atoms with Gasteiger partial charge in [-0.25, -0.2) is 4.98 Å². The maximum atomic E-state index is 12.1. The van der Waals surface area contributed by atoms with E-state index < -0.39 is 0 Å². The molecule has 1 aromatic heterocycles. The van der Waals surface area contributed by atoms with Gasteiger partial charge in [0, 0.05) is 26.6 Å². The van der Waals surface area contributed by atoms with Crippen LogP contribution in [0.25, 0.3) is 0 Å². The molecule has 1 aliphatic rings. The van der Waals surface area contributed by atoms with Crippen LogP contribution in [0.2, 0.25) is 0 Å². The lowest BCUT2D eigenvalue weighted by atomic mass is 10.1. The zero-order chi connectivity index (χ0) is 14.0. The number of carbonyl (C=O) groups is 1. The molecule has 2 atom stereocenters. The Bertz CT molecular complexity index is 459. The van der Waals surface area contributed by atoms with Crippen LogP contribution in [0, 0.1) is 12.8 Å². The average Bonchev–Trinajstić information content (AvgIpc) is 2.93. The molecule has 1 heterocycles. The monoisotopic (exact) mass is 283 g/mol. The van der Waals surface area contributed by atoms with E-state index in [9.17, 15) is 9.90 Å². The molecule has 19 heavy (non-hydrogen) atoms. The fourth-order valence-electron chi connectivity index (χ4n) is 2.34. The van der Waals surface area contributed by atoms with Gasteiger partial charge in [-0.3, -0.25) is 4.79 Å². The van der Waals surface area contributed by atoms with Crippen LogP contribution in [-0.4, -0.2) is 42.7 Å². The highest BCUT2D eigenvalue weighted by molar-refractivity contribution is 7.17. The molecule has 0 spiro atoms. The van der Waals surface area contributed by atoms with E-state index in [0.717, 1.165) is 30.1 Å². The molecule has 2 N–H and O–H groups in total. The minimum atomic E-state index is -0.264. The first-order valence-electron chi connectivity index (χ1n) is 6.60. The first-order chi connectivity index (χ1) is 8.99. The second kappa shape index (κ2) is 5.88. The maximum Gasteiger partial charge on any atom is 0.263 e. The lowest BCUT2D eigenvalue weighted by Crippen LogP contribution is -2.32. The molecule has 1 amide bonds. The van der Waals surface area contributed by atoms with E-state index in [2.05, 4.69) is 10.3 Å². The van der Waals surface area contributed by atoms with Crippen molar-refractivity contribution in [3.05, 3.63) is 10.6 Å². The molecule has 6 heteroatoms. The van der Waals surface area contributed by atoms with Crippen molar-refractivity contribution in [2.75, 3.05) is 25.5 Å². The fraction of sp³-hybridized carbons (Fsp3) is 0.692. The summed E-state index contributed by atoms with van der Waals surface area (Å²) in [5.41, 5.74) is 0.762. The van der Waals surface area contributed by atoms with Gasteiger partial charge >= 0.3 is 0 Å². The number of aromatic nitrogens is 1. The second-order valence-corrected chi connectivity index (χ2v) is 6.25. The predicted molar refractivity (Wildman–Crippen MR) is 76.9 cm³/mol. The van der Waals surface area contributed by atoms with Gasteiger partial charge in [0.2, 0.25) is 0 Å². The van der Waals surface area contributed by atoms with Gasteiger partial charge in [-0.1, -0.05) is 17.8 Å². The summed E-state index contributed by atoms with van der Waals surface area (Å²) in [5, 5.41) is 13.5. The molecule has 1 aliphatic carbocycles. The highest BCUT2D eigenvalue weighted by Crippen LogP contribution is 2.26. The maximum absolute atomic E-state index is 12.1. The Morgan fingerprint density at radius 2 is 2.26 bits per heavy atom. The number of aliphatic hydroxyl groups excluding tert-OH is 1. The van der Waals surface area contributed by atoms with Crippen molar-refractivity contribution >= 4 is 22.4 Å². The zero-order valence-electron chi connectivity index (χ0n) is 11.6. The minimum Gasteiger partial charge on any atom is -0.393 e. The van der Waals surface area contributed by atoms with E-state index in [4.69, 9.17) is 0 Å². The summed E-state index contributed by atoms with van der Waals surface area (Å²) in [7, 11) is 3.82. The van der Waals surface area contributed by atoms with Crippen LogP contribution in [0.3, 0.4) is 0 Å². The summed E-state index contributed by atoms with van der Waals surface area (Å²) >= 11 is 1.40. The van der Waals surface area contributed by atoms with Crippen molar-refractivity contribution in [1.29, 1.82) is 0 Å². The molecule has 1 aromatic rings. The molecule has 0 saturated heterocycles. The molecule has 1 fully saturated rings. The van der Waals surface area contributed by atoms with Crippen molar-refractivity contribution in [2.45, 2.75) is 32.3 Å². The van der Waals surface area contributed by atoms with Gasteiger partial charge in [0.25, 0.3) is 5.91 Å². The topological polar surface area (TPSA) is 65.5 Å². The molecule has 2 unspecified atom stereocenters. The molecule has 1 saturated carbocycles. The zero-order valence-corrected chi connectivity index (χ0v) is 12.5. The molecule has 0 aliphatic heterocycles. The summed E-state index contributed by atoms with van der Waals surface area (Å²) in [5.74, 6) is 0.118. The first-order valence-corrected chi connectivity index (χ1v) is 7.41. The van der Waals surface area contributed by atoms with Gasteiger partial charge in [-0.15, -0.1) is 0 Å². The average molecular weight is 283 g/mol. The largest absolute Gasteiger partial charge is 0.393 e. The van der Waals surface area contributed by atoms with E-state index >= 15 is 0 Å². The Kier molecular flexibility index (Phi) is 4.42. The Labute approximate surface area is 117 Å². The Hall–Kier alpha value is -1.14. The third kappa shape index (κ3) is 3.25. The minimum absolute atomic E-state index is 0.0813. The van der Waals surface area contributed by atoms with E-state index in [1.165, 1.54) is 11.3 Å². The third-order valence-electron chi connectivity index (χ3n) is 3.52. The number of hydrogen-bond donors (Lipinski definition) is 2.